The summed E-state index contributed by atoms with van der Waals surface area (Å²) in [6.07, 6.45) is 2.26. The van der Waals surface area contributed by atoms with Gasteiger partial charge in [0, 0.05) is 0 Å². The zero-order valence-electron chi connectivity index (χ0n) is 7.70. The summed E-state index contributed by atoms with van der Waals surface area (Å²) in [6.45, 7) is 0.807. The maximum atomic E-state index is 12.9. The lowest BCUT2D eigenvalue weighted by atomic mass is 10.0. The number of hydrogen-bond acceptors (Lipinski definition) is 2. The molecule has 0 spiro atoms. The first kappa shape index (κ1) is 8.24. The lowest BCUT2D eigenvalue weighted by molar-refractivity contribution is 0.136. The van der Waals surface area contributed by atoms with Crippen LogP contribution in [-0.4, -0.2) is 18.8 Å². The topological polar surface area (TPSA) is 21.8 Å². The van der Waals surface area contributed by atoms with Crippen LogP contribution in [0, 0.1) is 5.82 Å². The Bertz CT molecular complexity index is 360. The van der Waals surface area contributed by atoms with E-state index in [-0.39, 0.29) is 18.0 Å². The molecule has 2 nitrogen and oxygen atoms in total. The highest BCUT2D eigenvalue weighted by molar-refractivity contribution is 5.36. The van der Waals surface area contributed by atoms with Gasteiger partial charge in [-0.15, -0.1) is 0 Å². The summed E-state index contributed by atoms with van der Waals surface area (Å²) in [5.74, 6) is 0.631. The van der Waals surface area contributed by atoms with Gasteiger partial charge in [0.15, 0.2) is 0 Å². The molecule has 0 aliphatic carbocycles. The molecule has 3 rings (SSSR count). The number of halogens is 1. The number of epoxide rings is 1. The monoisotopic (exact) mass is 194 g/mol. The quantitative estimate of drug-likeness (QED) is 0.637. The molecule has 2 atom stereocenters. The van der Waals surface area contributed by atoms with Crippen molar-refractivity contribution in [1.82, 2.24) is 0 Å². The van der Waals surface area contributed by atoms with Crippen LogP contribution in [0.3, 0.4) is 0 Å². The first-order chi connectivity index (χ1) is 6.83. The van der Waals surface area contributed by atoms with Gasteiger partial charge >= 0.3 is 0 Å². The summed E-state index contributed by atoms with van der Waals surface area (Å²) in [6, 6.07) is 4.70. The van der Waals surface area contributed by atoms with Crippen LogP contribution >= 0.6 is 0 Å². The number of ether oxygens (including phenoxy) is 2. The van der Waals surface area contributed by atoms with Crippen molar-refractivity contribution in [2.75, 3.05) is 6.61 Å². The average Bonchev–Trinajstić information content (AvgIpc) is 3.00. The fraction of sp³-hybridized carbons (Fsp3) is 0.455. The van der Waals surface area contributed by atoms with Crippen LogP contribution in [0.2, 0.25) is 0 Å². The van der Waals surface area contributed by atoms with Crippen molar-refractivity contribution in [2.24, 2.45) is 0 Å². The maximum Gasteiger partial charge on any atom is 0.127 e. The summed E-state index contributed by atoms with van der Waals surface area (Å²) in [7, 11) is 0. The largest absolute Gasteiger partial charge is 0.487 e. The predicted octanol–water partition coefficient (Wildman–Crippen LogP) is 1.92. The minimum atomic E-state index is -0.187. The molecule has 0 unspecified atom stereocenters. The Hall–Kier alpha value is -1.09. The van der Waals surface area contributed by atoms with Crippen LogP contribution in [0.25, 0.3) is 0 Å². The lowest BCUT2D eigenvalue weighted by Crippen LogP contribution is -2.27. The van der Waals surface area contributed by atoms with E-state index in [4.69, 9.17) is 9.47 Å². The number of rotatable bonds is 1. The standard InChI is InChI=1S/C11H11FO2/c12-8-2-4-9-7(5-8)1-3-10(14-9)11-6-13-11/h2,4-5,10-11H,1,3,6H2/t10-,11-/m1/s1. The SMILES string of the molecule is Fc1ccc2c(c1)CC[C@H]([C@H]1CO1)O2. The van der Waals surface area contributed by atoms with Crippen molar-refractivity contribution in [3.63, 3.8) is 0 Å². The number of benzene rings is 1. The van der Waals surface area contributed by atoms with Gasteiger partial charge in [0.25, 0.3) is 0 Å². The smallest absolute Gasteiger partial charge is 0.127 e. The van der Waals surface area contributed by atoms with Crippen molar-refractivity contribution in [3.05, 3.63) is 29.6 Å². The molecule has 0 amide bonds. The van der Waals surface area contributed by atoms with E-state index >= 15 is 0 Å². The lowest BCUT2D eigenvalue weighted by Gasteiger charge is -2.24. The van der Waals surface area contributed by atoms with Gasteiger partial charge in [0.1, 0.15) is 23.8 Å². The Kier molecular flexibility index (Phi) is 1.74. The van der Waals surface area contributed by atoms with E-state index in [0.29, 0.717) is 0 Å². The molecule has 0 radical (unpaired) electrons. The molecular weight excluding hydrogens is 183 g/mol. The van der Waals surface area contributed by atoms with Gasteiger partial charge in [-0.05, 0) is 36.6 Å². The van der Waals surface area contributed by atoms with Gasteiger partial charge in [0.2, 0.25) is 0 Å². The molecule has 1 fully saturated rings. The van der Waals surface area contributed by atoms with Gasteiger partial charge < -0.3 is 9.47 Å². The molecular formula is C11H11FO2. The number of aryl methyl sites for hydroxylation is 1. The van der Waals surface area contributed by atoms with E-state index in [9.17, 15) is 4.39 Å². The maximum absolute atomic E-state index is 12.9. The fourth-order valence-corrected chi connectivity index (χ4v) is 1.91. The minimum absolute atomic E-state index is 0.174. The Morgan fingerprint density at radius 2 is 2.14 bits per heavy atom. The molecule has 74 valence electrons. The summed E-state index contributed by atoms with van der Waals surface area (Å²) in [5.41, 5.74) is 0.974. The molecule has 2 aliphatic heterocycles. The minimum Gasteiger partial charge on any atom is -0.487 e. The van der Waals surface area contributed by atoms with Crippen LogP contribution in [-0.2, 0) is 11.2 Å². The summed E-state index contributed by atoms with van der Waals surface area (Å²) in [5, 5.41) is 0. The highest BCUT2D eigenvalue weighted by Gasteiger charge is 2.36. The zero-order chi connectivity index (χ0) is 9.54. The Balaban J connectivity index is 1.86. The molecule has 0 aromatic heterocycles. The summed E-state index contributed by atoms with van der Waals surface area (Å²) < 4.78 is 23.8. The van der Waals surface area contributed by atoms with Crippen LogP contribution in [0.4, 0.5) is 4.39 Å². The van der Waals surface area contributed by atoms with Crippen LogP contribution in [0.1, 0.15) is 12.0 Å². The van der Waals surface area contributed by atoms with E-state index in [1.807, 2.05) is 0 Å². The second-order valence-corrected chi connectivity index (χ2v) is 3.82. The van der Waals surface area contributed by atoms with Crippen molar-refractivity contribution < 1.29 is 13.9 Å². The molecule has 1 aromatic rings. The third-order valence-corrected chi connectivity index (χ3v) is 2.77. The van der Waals surface area contributed by atoms with Crippen molar-refractivity contribution >= 4 is 0 Å². The highest BCUT2D eigenvalue weighted by Crippen LogP contribution is 2.32. The Morgan fingerprint density at radius 3 is 2.93 bits per heavy atom. The van der Waals surface area contributed by atoms with E-state index < -0.39 is 0 Å². The molecule has 2 heterocycles. The summed E-state index contributed by atoms with van der Waals surface area (Å²) >= 11 is 0. The molecule has 0 saturated carbocycles. The summed E-state index contributed by atoms with van der Waals surface area (Å²) in [4.78, 5) is 0. The van der Waals surface area contributed by atoms with E-state index in [1.54, 1.807) is 12.1 Å². The van der Waals surface area contributed by atoms with Crippen LogP contribution in [0.15, 0.2) is 18.2 Å². The van der Waals surface area contributed by atoms with Crippen molar-refractivity contribution in [1.29, 1.82) is 0 Å². The van der Waals surface area contributed by atoms with Gasteiger partial charge in [-0.2, -0.15) is 0 Å². The van der Waals surface area contributed by atoms with Gasteiger partial charge in [-0.3, -0.25) is 0 Å². The highest BCUT2D eigenvalue weighted by atomic mass is 19.1. The van der Waals surface area contributed by atoms with Crippen LogP contribution in [0.5, 0.6) is 5.75 Å². The normalized spacial score (nSPS) is 29.2. The molecule has 3 heteroatoms. The molecule has 0 N–H and O–H groups in total. The third-order valence-electron chi connectivity index (χ3n) is 2.77. The predicted molar refractivity (Wildman–Crippen MR) is 48.9 cm³/mol. The Labute approximate surface area is 81.6 Å². The molecule has 1 aromatic carbocycles. The van der Waals surface area contributed by atoms with Gasteiger partial charge in [-0.1, -0.05) is 0 Å². The molecule has 2 aliphatic rings. The Morgan fingerprint density at radius 1 is 1.29 bits per heavy atom. The first-order valence-corrected chi connectivity index (χ1v) is 4.89. The zero-order valence-corrected chi connectivity index (χ0v) is 7.70. The first-order valence-electron chi connectivity index (χ1n) is 4.89. The fourth-order valence-electron chi connectivity index (χ4n) is 1.91. The van der Waals surface area contributed by atoms with Crippen molar-refractivity contribution in [3.8, 4) is 5.75 Å². The van der Waals surface area contributed by atoms with Gasteiger partial charge in [-0.25, -0.2) is 4.39 Å². The molecule has 14 heavy (non-hydrogen) atoms. The van der Waals surface area contributed by atoms with E-state index in [2.05, 4.69) is 0 Å². The third kappa shape index (κ3) is 1.38. The molecule has 1 saturated heterocycles. The van der Waals surface area contributed by atoms with E-state index in [0.717, 1.165) is 30.8 Å². The van der Waals surface area contributed by atoms with Crippen molar-refractivity contribution in [2.45, 2.75) is 25.0 Å². The van der Waals surface area contributed by atoms with Crippen LogP contribution < -0.4 is 4.74 Å². The van der Waals surface area contributed by atoms with E-state index in [1.165, 1.54) is 6.07 Å². The average molecular weight is 194 g/mol. The molecule has 0 bridgehead atoms. The number of hydrogen-bond donors (Lipinski definition) is 0. The second-order valence-electron chi connectivity index (χ2n) is 3.82. The second kappa shape index (κ2) is 2.95. The number of fused-ring (bicyclic) bond motifs is 1. The van der Waals surface area contributed by atoms with Gasteiger partial charge in [0.05, 0.1) is 6.61 Å².